The number of amides is 1. The van der Waals surface area contributed by atoms with Crippen molar-refractivity contribution in [2.75, 3.05) is 19.4 Å². The third kappa shape index (κ3) is 3.82. The molecule has 0 atom stereocenters. The normalized spacial score (nSPS) is 11.0. The second-order valence-corrected chi connectivity index (χ2v) is 7.26. The molecule has 0 saturated carbocycles. The van der Waals surface area contributed by atoms with Gasteiger partial charge in [0.25, 0.3) is 5.91 Å². The van der Waals surface area contributed by atoms with Gasteiger partial charge >= 0.3 is 0 Å². The minimum Gasteiger partial charge on any atom is -0.347 e. The molecule has 1 amide bonds. The Hall–Kier alpha value is -2.82. The largest absolute Gasteiger partial charge is 0.347 e. The summed E-state index contributed by atoms with van der Waals surface area (Å²) in [4.78, 5) is 18.4. The lowest BCUT2D eigenvalue weighted by Crippen LogP contribution is -2.22. The van der Waals surface area contributed by atoms with E-state index < -0.39 is 0 Å². The van der Waals surface area contributed by atoms with Crippen LogP contribution in [-0.4, -0.2) is 34.5 Å². The van der Waals surface area contributed by atoms with E-state index in [0.29, 0.717) is 5.56 Å². The monoisotopic (exact) mass is 364 g/mol. The van der Waals surface area contributed by atoms with E-state index in [0.717, 1.165) is 41.0 Å². The van der Waals surface area contributed by atoms with Crippen LogP contribution in [0.5, 0.6) is 0 Å². The molecule has 0 radical (unpaired) electrons. The first-order chi connectivity index (χ1) is 12.9. The highest BCUT2D eigenvalue weighted by Crippen LogP contribution is 2.30. The molecule has 0 aliphatic carbocycles. The van der Waals surface area contributed by atoms with Crippen LogP contribution in [0.15, 0.2) is 36.7 Å². The van der Waals surface area contributed by atoms with Crippen molar-refractivity contribution in [3.63, 3.8) is 0 Å². The second kappa shape index (κ2) is 7.82. The molecule has 3 rings (SSSR count). The molecule has 3 aromatic rings. The first kappa shape index (κ1) is 19.0. The van der Waals surface area contributed by atoms with Crippen LogP contribution in [0.4, 0.5) is 11.5 Å². The van der Waals surface area contributed by atoms with Crippen molar-refractivity contribution in [1.29, 1.82) is 0 Å². The lowest BCUT2D eigenvalue weighted by Gasteiger charge is -2.16. The Morgan fingerprint density at radius 3 is 2.52 bits per heavy atom. The molecule has 27 heavy (non-hydrogen) atoms. The number of carbonyl (C=O) groups is 1. The van der Waals surface area contributed by atoms with Crippen LogP contribution >= 0.6 is 0 Å². The number of fused-ring (bicyclic) bond motifs is 1. The highest BCUT2D eigenvalue weighted by Gasteiger charge is 2.14. The van der Waals surface area contributed by atoms with Gasteiger partial charge in [-0.15, -0.1) is 0 Å². The summed E-state index contributed by atoms with van der Waals surface area (Å²) in [5.41, 5.74) is 4.97. The van der Waals surface area contributed by atoms with Gasteiger partial charge in [0.15, 0.2) is 0 Å². The van der Waals surface area contributed by atoms with Crippen molar-refractivity contribution in [2.45, 2.75) is 40.2 Å². The molecule has 0 bridgehead atoms. The Morgan fingerprint density at radius 2 is 1.89 bits per heavy atom. The minimum atomic E-state index is 0.0148. The number of nitrogens with one attached hydrogen (secondary N) is 1. The summed E-state index contributed by atoms with van der Waals surface area (Å²) >= 11 is 0. The van der Waals surface area contributed by atoms with E-state index in [1.807, 2.05) is 32.2 Å². The molecule has 2 heterocycles. The fourth-order valence-electron chi connectivity index (χ4n) is 3.41. The summed E-state index contributed by atoms with van der Waals surface area (Å²) in [6.07, 6.45) is 6.31. The van der Waals surface area contributed by atoms with Crippen LogP contribution in [0.3, 0.4) is 0 Å². The van der Waals surface area contributed by atoms with Crippen molar-refractivity contribution in [3.05, 3.63) is 53.3 Å². The highest BCUT2D eigenvalue weighted by atomic mass is 16.2. The van der Waals surface area contributed by atoms with E-state index in [9.17, 15) is 4.79 Å². The molecule has 0 unspecified atom stereocenters. The van der Waals surface area contributed by atoms with E-state index >= 15 is 0 Å². The first-order valence-electron chi connectivity index (χ1n) is 9.46. The molecule has 2 aromatic heterocycles. The molecule has 0 aliphatic heterocycles. The average Bonchev–Trinajstić information content (AvgIpc) is 3.05. The number of anilines is 2. The maximum atomic E-state index is 12.3. The van der Waals surface area contributed by atoms with Crippen LogP contribution in [0.25, 0.3) is 10.9 Å². The number of rotatable bonds is 6. The lowest BCUT2D eigenvalue weighted by atomic mass is 10.0. The number of pyridine rings is 1. The Balaban J connectivity index is 1.96. The van der Waals surface area contributed by atoms with E-state index in [-0.39, 0.29) is 5.91 Å². The molecule has 0 saturated heterocycles. The molecule has 1 aromatic carbocycles. The molecule has 0 aliphatic rings. The number of nitrogens with zero attached hydrogens (tertiary/aromatic N) is 3. The molecule has 5 heteroatoms. The smallest absolute Gasteiger partial charge is 0.253 e. The number of aromatic nitrogens is 2. The van der Waals surface area contributed by atoms with Gasteiger partial charge in [0.05, 0.1) is 5.52 Å². The van der Waals surface area contributed by atoms with Crippen molar-refractivity contribution >= 4 is 28.3 Å². The number of aryl methyl sites for hydroxylation is 3. The first-order valence-corrected chi connectivity index (χ1v) is 9.46. The second-order valence-electron chi connectivity index (χ2n) is 7.26. The van der Waals surface area contributed by atoms with Gasteiger partial charge in [-0.1, -0.05) is 13.3 Å². The fraction of sp³-hybridized carbons (Fsp3) is 0.364. The molecular weight excluding hydrogens is 336 g/mol. The van der Waals surface area contributed by atoms with E-state index in [1.54, 1.807) is 19.0 Å². The summed E-state index contributed by atoms with van der Waals surface area (Å²) in [5, 5.41) is 4.61. The van der Waals surface area contributed by atoms with Crippen molar-refractivity contribution in [2.24, 2.45) is 0 Å². The Kier molecular flexibility index (Phi) is 5.49. The van der Waals surface area contributed by atoms with Gasteiger partial charge in [0.2, 0.25) is 0 Å². The zero-order chi connectivity index (χ0) is 19.6. The molecular formula is C22H28N4O. The third-order valence-corrected chi connectivity index (χ3v) is 4.88. The van der Waals surface area contributed by atoms with E-state index in [4.69, 9.17) is 0 Å². The van der Waals surface area contributed by atoms with E-state index in [1.165, 1.54) is 11.9 Å². The van der Waals surface area contributed by atoms with Crippen LogP contribution < -0.4 is 5.32 Å². The maximum absolute atomic E-state index is 12.3. The van der Waals surface area contributed by atoms with E-state index in [2.05, 4.69) is 40.1 Å². The average molecular weight is 364 g/mol. The number of hydrogen-bond acceptors (Lipinski definition) is 3. The quantitative estimate of drug-likeness (QED) is 0.677. The van der Waals surface area contributed by atoms with Crippen molar-refractivity contribution < 1.29 is 4.79 Å². The molecule has 0 fully saturated rings. The van der Waals surface area contributed by atoms with Gasteiger partial charge in [0, 0.05) is 49.7 Å². The van der Waals surface area contributed by atoms with Gasteiger partial charge in [0.1, 0.15) is 5.82 Å². The number of unbranched alkanes of at least 4 members (excludes halogenated alkanes) is 1. The zero-order valence-electron chi connectivity index (χ0n) is 16.8. The van der Waals surface area contributed by atoms with Crippen molar-refractivity contribution in [1.82, 2.24) is 14.5 Å². The fourth-order valence-corrected chi connectivity index (χ4v) is 3.41. The van der Waals surface area contributed by atoms with Crippen LogP contribution in [-0.2, 0) is 6.54 Å². The van der Waals surface area contributed by atoms with Gasteiger partial charge in [-0.25, -0.2) is 4.98 Å². The Bertz CT molecular complexity index is 949. The molecule has 0 spiro atoms. The Labute approximate surface area is 161 Å². The zero-order valence-corrected chi connectivity index (χ0v) is 16.8. The predicted octanol–water partition coefficient (Wildman–Crippen LogP) is 4.90. The van der Waals surface area contributed by atoms with Gasteiger partial charge in [-0.2, -0.15) is 0 Å². The lowest BCUT2D eigenvalue weighted by molar-refractivity contribution is 0.0827. The number of carbonyl (C=O) groups excluding carboxylic acids is 1. The van der Waals surface area contributed by atoms with Crippen LogP contribution in [0.2, 0.25) is 0 Å². The number of benzene rings is 1. The standard InChI is InChI=1S/C22H28N4O/c1-6-7-11-26-12-9-18-19(26)8-10-23-21(18)24-20-15(2)13-17(14-16(20)3)22(27)25(4)5/h8-10,12-14H,6-7,11H2,1-5H3,(H,23,24). The summed E-state index contributed by atoms with van der Waals surface area (Å²) in [6.45, 7) is 7.27. The molecule has 5 nitrogen and oxygen atoms in total. The van der Waals surface area contributed by atoms with Crippen LogP contribution in [0, 0.1) is 13.8 Å². The highest BCUT2D eigenvalue weighted by molar-refractivity contribution is 5.96. The maximum Gasteiger partial charge on any atom is 0.253 e. The van der Waals surface area contributed by atoms with Crippen LogP contribution in [0.1, 0.15) is 41.3 Å². The van der Waals surface area contributed by atoms with Gasteiger partial charge in [-0.05, 0) is 55.7 Å². The summed E-state index contributed by atoms with van der Waals surface area (Å²) in [6, 6.07) is 8.05. The summed E-state index contributed by atoms with van der Waals surface area (Å²) in [7, 11) is 3.54. The topological polar surface area (TPSA) is 50.2 Å². The third-order valence-electron chi connectivity index (χ3n) is 4.88. The van der Waals surface area contributed by atoms with Gasteiger partial charge in [-0.3, -0.25) is 4.79 Å². The molecule has 142 valence electrons. The Morgan fingerprint density at radius 1 is 1.19 bits per heavy atom. The SMILES string of the molecule is CCCCn1ccc2c(Nc3c(C)cc(C(=O)N(C)C)cc3C)nccc21. The summed E-state index contributed by atoms with van der Waals surface area (Å²) < 4.78 is 2.28. The minimum absolute atomic E-state index is 0.0148. The molecule has 1 N–H and O–H groups in total. The predicted molar refractivity (Wildman–Crippen MR) is 112 cm³/mol. The van der Waals surface area contributed by atoms with Gasteiger partial charge < -0.3 is 14.8 Å². The summed E-state index contributed by atoms with van der Waals surface area (Å²) in [5.74, 6) is 0.863. The van der Waals surface area contributed by atoms with Crippen molar-refractivity contribution in [3.8, 4) is 0 Å². The number of hydrogen-bond donors (Lipinski definition) is 1.